The van der Waals surface area contributed by atoms with Crippen LogP contribution in [0, 0.1) is 11.8 Å². The minimum Gasteiger partial charge on any atom is -0.383 e. The average Bonchev–Trinajstić information content (AvgIpc) is 2.14. The monoisotopic (exact) mass is 258 g/mol. The third-order valence-corrected chi connectivity index (χ3v) is 3.54. The van der Waals surface area contributed by atoms with Crippen LogP contribution in [0.3, 0.4) is 0 Å². The van der Waals surface area contributed by atoms with E-state index in [0.29, 0.717) is 12.6 Å². The first-order valence-corrected chi connectivity index (χ1v) is 6.98. The number of nitrogens with one attached hydrogen (secondary N) is 2. The van der Waals surface area contributed by atoms with Crippen molar-refractivity contribution in [3.63, 3.8) is 0 Å². The molecule has 0 radical (unpaired) electrons. The zero-order chi connectivity index (χ0) is 12.8. The van der Waals surface area contributed by atoms with Crippen LogP contribution in [0.2, 0.25) is 0 Å². The van der Waals surface area contributed by atoms with Crippen LogP contribution < -0.4 is 10.6 Å². The Morgan fingerprint density at radius 3 is 2.41 bits per heavy atom. The van der Waals surface area contributed by atoms with Crippen molar-refractivity contribution < 1.29 is 4.74 Å². The normalized spacial score (nSPS) is 30.7. The third-order valence-electron chi connectivity index (χ3n) is 3.31. The van der Waals surface area contributed by atoms with Gasteiger partial charge in [-0.1, -0.05) is 13.8 Å². The van der Waals surface area contributed by atoms with Gasteiger partial charge in [-0.3, -0.25) is 0 Å². The van der Waals surface area contributed by atoms with Crippen molar-refractivity contribution in [1.82, 2.24) is 10.6 Å². The molecule has 0 spiro atoms. The Morgan fingerprint density at radius 2 is 1.88 bits per heavy atom. The first-order valence-electron chi connectivity index (χ1n) is 6.57. The van der Waals surface area contributed by atoms with E-state index in [0.717, 1.165) is 16.9 Å². The molecule has 1 aliphatic carbocycles. The van der Waals surface area contributed by atoms with Crippen molar-refractivity contribution in [1.29, 1.82) is 0 Å². The second-order valence-corrected chi connectivity index (χ2v) is 6.00. The van der Waals surface area contributed by atoms with Gasteiger partial charge in [0, 0.05) is 19.2 Å². The zero-order valence-corrected chi connectivity index (χ0v) is 12.3. The molecule has 0 amide bonds. The second kappa shape index (κ2) is 7.17. The lowest BCUT2D eigenvalue weighted by atomic mass is 9.80. The Balaban J connectivity index is 2.30. The van der Waals surface area contributed by atoms with Crippen molar-refractivity contribution >= 4 is 17.3 Å². The Labute approximate surface area is 111 Å². The molecule has 0 aromatic carbocycles. The van der Waals surface area contributed by atoms with Crippen molar-refractivity contribution in [3.8, 4) is 0 Å². The molecule has 1 fully saturated rings. The maximum absolute atomic E-state index is 5.32. The molecule has 0 heterocycles. The van der Waals surface area contributed by atoms with E-state index in [-0.39, 0.29) is 6.04 Å². The van der Waals surface area contributed by atoms with Gasteiger partial charge in [-0.25, -0.2) is 0 Å². The van der Waals surface area contributed by atoms with Crippen molar-refractivity contribution in [2.45, 2.75) is 52.1 Å². The highest BCUT2D eigenvalue weighted by molar-refractivity contribution is 7.80. The number of rotatable bonds is 4. The predicted octanol–water partition coefficient (Wildman–Crippen LogP) is 2.31. The molecule has 3 atom stereocenters. The fourth-order valence-corrected chi connectivity index (χ4v) is 3.18. The van der Waals surface area contributed by atoms with Gasteiger partial charge in [-0.2, -0.15) is 0 Å². The van der Waals surface area contributed by atoms with Gasteiger partial charge in [-0.15, -0.1) is 0 Å². The SMILES string of the molecule is COCC(C)NC(=S)NC1CC(C)CC(C)C1. The van der Waals surface area contributed by atoms with E-state index in [1.54, 1.807) is 7.11 Å². The molecule has 0 aromatic heterocycles. The van der Waals surface area contributed by atoms with E-state index in [4.69, 9.17) is 17.0 Å². The lowest BCUT2D eigenvalue weighted by molar-refractivity contribution is 0.178. The summed E-state index contributed by atoms with van der Waals surface area (Å²) in [5, 5.41) is 7.45. The summed E-state index contributed by atoms with van der Waals surface area (Å²) >= 11 is 5.32. The molecule has 1 aliphatic rings. The van der Waals surface area contributed by atoms with Gasteiger partial charge in [0.25, 0.3) is 0 Å². The van der Waals surface area contributed by atoms with Crippen LogP contribution in [0.4, 0.5) is 0 Å². The maximum atomic E-state index is 5.32. The number of hydrogen-bond donors (Lipinski definition) is 2. The minimum absolute atomic E-state index is 0.262. The molecule has 4 heteroatoms. The average molecular weight is 258 g/mol. The van der Waals surface area contributed by atoms with Crippen LogP contribution >= 0.6 is 12.2 Å². The molecule has 1 saturated carbocycles. The molecule has 0 saturated heterocycles. The van der Waals surface area contributed by atoms with Crippen LogP contribution in [0.25, 0.3) is 0 Å². The smallest absolute Gasteiger partial charge is 0.166 e. The lowest BCUT2D eigenvalue weighted by Gasteiger charge is -2.33. The number of hydrogen-bond acceptors (Lipinski definition) is 2. The summed E-state index contributed by atoms with van der Waals surface area (Å²) in [4.78, 5) is 0. The van der Waals surface area contributed by atoms with E-state index in [2.05, 4.69) is 31.4 Å². The highest BCUT2D eigenvalue weighted by Gasteiger charge is 2.24. The highest BCUT2D eigenvalue weighted by atomic mass is 32.1. The Bertz CT molecular complexity index is 238. The van der Waals surface area contributed by atoms with Crippen LogP contribution in [0.5, 0.6) is 0 Å². The molecule has 2 N–H and O–H groups in total. The van der Waals surface area contributed by atoms with Crippen LogP contribution in [-0.4, -0.2) is 30.9 Å². The molecule has 0 aromatic rings. The van der Waals surface area contributed by atoms with Crippen molar-refractivity contribution in [2.75, 3.05) is 13.7 Å². The van der Waals surface area contributed by atoms with E-state index in [1.165, 1.54) is 19.3 Å². The van der Waals surface area contributed by atoms with Gasteiger partial charge >= 0.3 is 0 Å². The molecular weight excluding hydrogens is 232 g/mol. The van der Waals surface area contributed by atoms with E-state index < -0.39 is 0 Å². The number of thiocarbonyl (C=S) groups is 1. The quantitative estimate of drug-likeness (QED) is 0.758. The molecule has 17 heavy (non-hydrogen) atoms. The summed E-state index contributed by atoms with van der Waals surface area (Å²) in [6.07, 6.45) is 3.80. The third kappa shape index (κ3) is 5.68. The molecule has 3 unspecified atom stereocenters. The Hall–Kier alpha value is -0.350. The molecule has 100 valence electrons. The fraction of sp³-hybridized carbons (Fsp3) is 0.923. The second-order valence-electron chi connectivity index (χ2n) is 5.59. The number of ether oxygens (including phenoxy) is 1. The largest absolute Gasteiger partial charge is 0.383 e. The highest BCUT2D eigenvalue weighted by Crippen LogP contribution is 2.28. The van der Waals surface area contributed by atoms with Gasteiger partial charge in [0.15, 0.2) is 5.11 Å². The van der Waals surface area contributed by atoms with Gasteiger partial charge in [0.05, 0.1) is 6.61 Å². The fourth-order valence-electron chi connectivity index (χ4n) is 2.81. The van der Waals surface area contributed by atoms with Gasteiger partial charge < -0.3 is 15.4 Å². The van der Waals surface area contributed by atoms with Crippen molar-refractivity contribution in [3.05, 3.63) is 0 Å². The summed E-state index contributed by atoms with van der Waals surface area (Å²) in [6, 6.07) is 0.793. The lowest BCUT2D eigenvalue weighted by Crippen LogP contribution is -2.48. The summed E-state index contributed by atoms with van der Waals surface area (Å²) in [5.41, 5.74) is 0. The standard InChI is InChI=1S/C13H26N2OS/c1-9-5-10(2)7-12(6-9)15-13(17)14-11(3)8-16-4/h9-12H,5-8H2,1-4H3,(H2,14,15,17). The molecule has 0 bridgehead atoms. The van der Waals surface area contributed by atoms with E-state index >= 15 is 0 Å². The van der Waals surface area contributed by atoms with E-state index in [1.807, 2.05) is 0 Å². The summed E-state index contributed by atoms with van der Waals surface area (Å²) < 4.78 is 5.08. The number of methoxy groups -OCH3 is 1. The van der Waals surface area contributed by atoms with Crippen LogP contribution in [-0.2, 0) is 4.74 Å². The first kappa shape index (κ1) is 14.7. The molecule has 1 rings (SSSR count). The zero-order valence-electron chi connectivity index (χ0n) is 11.5. The van der Waals surface area contributed by atoms with Gasteiger partial charge in [0.1, 0.15) is 0 Å². The van der Waals surface area contributed by atoms with Crippen LogP contribution in [0.1, 0.15) is 40.0 Å². The van der Waals surface area contributed by atoms with E-state index in [9.17, 15) is 0 Å². The molecule has 3 nitrogen and oxygen atoms in total. The topological polar surface area (TPSA) is 33.3 Å². The molecular formula is C13H26N2OS. The molecule has 0 aliphatic heterocycles. The summed E-state index contributed by atoms with van der Waals surface area (Å²) in [6.45, 7) is 7.41. The predicted molar refractivity (Wildman–Crippen MR) is 76.2 cm³/mol. The van der Waals surface area contributed by atoms with Crippen LogP contribution in [0.15, 0.2) is 0 Å². The maximum Gasteiger partial charge on any atom is 0.166 e. The Kier molecular flexibility index (Phi) is 6.20. The van der Waals surface area contributed by atoms with Gasteiger partial charge in [0.2, 0.25) is 0 Å². The van der Waals surface area contributed by atoms with Crippen molar-refractivity contribution in [2.24, 2.45) is 11.8 Å². The summed E-state index contributed by atoms with van der Waals surface area (Å²) in [5.74, 6) is 1.60. The Morgan fingerprint density at radius 1 is 1.29 bits per heavy atom. The van der Waals surface area contributed by atoms with Gasteiger partial charge in [-0.05, 0) is 50.2 Å². The summed E-state index contributed by atoms with van der Waals surface area (Å²) in [7, 11) is 1.71. The first-order chi connectivity index (χ1) is 8.01. The minimum atomic E-state index is 0.262.